The fourth-order valence-corrected chi connectivity index (χ4v) is 4.97. The van der Waals surface area contributed by atoms with E-state index < -0.39 is 0 Å². The molecule has 0 radical (unpaired) electrons. The first kappa shape index (κ1) is 24.8. The van der Waals surface area contributed by atoms with Crippen molar-refractivity contribution in [1.82, 2.24) is 14.7 Å². The number of para-hydroxylation sites is 2. The third-order valence-corrected chi connectivity index (χ3v) is 6.87. The molecule has 3 aliphatic rings. The molecular formula is C24H37ClN4O3. The number of carbonyl (C=O) groups excluding carboxylic acids is 2. The van der Waals surface area contributed by atoms with Gasteiger partial charge in [-0.2, -0.15) is 0 Å². The van der Waals surface area contributed by atoms with E-state index >= 15 is 0 Å². The molecule has 4 rings (SSSR count). The lowest BCUT2D eigenvalue weighted by molar-refractivity contribution is -0.139. The van der Waals surface area contributed by atoms with E-state index in [9.17, 15) is 9.59 Å². The smallest absolute Gasteiger partial charge is 0.247 e. The van der Waals surface area contributed by atoms with Gasteiger partial charge in [-0.15, -0.1) is 12.4 Å². The second-order valence-corrected chi connectivity index (χ2v) is 9.24. The molecular weight excluding hydrogens is 428 g/mol. The minimum absolute atomic E-state index is 0. The molecule has 1 aromatic rings. The van der Waals surface area contributed by atoms with E-state index in [4.69, 9.17) is 4.74 Å². The van der Waals surface area contributed by atoms with Crippen molar-refractivity contribution in [3.8, 4) is 5.75 Å². The summed E-state index contributed by atoms with van der Waals surface area (Å²) in [5, 5.41) is 0. The number of amides is 2. The lowest BCUT2D eigenvalue weighted by Crippen LogP contribution is -2.47. The van der Waals surface area contributed by atoms with Gasteiger partial charge < -0.3 is 9.64 Å². The second-order valence-electron chi connectivity index (χ2n) is 9.24. The third-order valence-electron chi connectivity index (χ3n) is 6.87. The minimum Gasteiger partial charge on any atom is -0.488 e. The van der Waals surface area contributed by atoms with Crippen LogP contribution in [0.2, 0.25) is 0 Å². The van der Waals surface area contributed by atoms with E-state index in [0.717, 1.165) is 44.9 Å². The monoisotopic (exact) mass is 464 g/mol. The molecule has 7 nitrogen and oxygen atoms in total. The normalized spacial score (nSPS) is 22.7. The molecule has 2 aliphatic heterocycles. The Morgan fingerprint density at radius 1 is 1.00 bits per heavy atom. The molecule has 32 heavy (non-hydrogen) atoms. The van der Waals surface area contributed by atoms with E-state index in [1.54, 1.807) is 0 Å². The summed E-state index contributed by atoms with van der Waals surface area (Å²) in [6, 6.07) is 8.14. The van der Waals surface area contributed by atoms with Gasteiger partial charge in [0.2, 0.25) is 11.8 Å². The number of piperazine rings is 1. The molecule has 2 amide bonds. The highest BCUT2D eigenvalue weighted by Crippen LogP contribution is 2.32. The van der Waals surface area contributed by atoms with Gasteiger partial charge in [-0.05, 0) is 64.9 Å². The van der Waals surface area contributed by atoms with Crippen molar-refractivity contribution < 1.29 is 14.3 Å². The van der Waals surface area contributed by atoms with Crippen LogP contribution in [-0.2, 0) is 9.59 Å². The second kappa shape index (κ2) is 11.3. The number of hydrogen-bond acceptors (Lipinski definition) is 6. The van der Waals surface area contributed by atoms with E-state index in [2.05, 4.69) is 34.1 Å². The Kier molecular flexibility index (Phi) is 8.79. The number of likely N-dealkylation sites (tertiary alicyclic amines) is 1. The minimum atomic E-state index is -0.289. The topological polar surface area (TPSA) is 56.3 Å². The quantitative estimate of drug-likeness (QED) is 0.551. The highest BCUT2D eigenvalue weighted by atomic mass is 35.5. The summed E-state index contributed by atoms with van der Waals surface area (Å²) >= 11 is 0. The maximum Gasteiger partial charge on any atom is 0.247 e. The molecule has 2 saturated heterocycles. The molecule has 3 fully saturated rings. The van der Waals surface area contributed by atoms with Crippen LogP contribution in [0.4, 0.5) is 5.69 Å². The lowest BCUT2D eigenvalue weighted by Gasteiger charge is -2.37. The fraction of sp³-hybridized carbons (Fsp3) is 0.667. The van der Waals surface area contributed by atoms with Crippen LogP contribution in [0.25, 0.3) is 0 Å². The Morgan fingerprint density at radius 2 is 1.69 bits per heavy atom. The van der Waals surface area contributed by atoms with Gasteiger partial charge in [0, 0.05) is 32.7 Å². The molecule has 2 heterocycles. The SMILES string of the molecule is CN(C)C1CC(=O)N(CCCN2CCN(c3ccccc3OC3CCCC3)CC2)C1=O.Cl. The molecule has 0 aromatic heterocycles. The van der Waals surface area contributed by atoms with Crippen molar-refractivity contribution in [3.05, 3.63) is 24.3 Å². The van der Waals surface area contributed by atoms with Crippen LogP contribution < -0.4 is 9.64 Å². The molecule has 1 saturated carbocycles. The third kappa shape index (κ3) is 5.74. The van der Waals surface area contributed by atoms with Crippen LogP contribution in [0, 0.1) is 0 Å². The van der Waals surface area contributed by atoms with Crippen LogP contribution in [0.1, 0.15) is 38.5 Å². The van der Waals surface area contributed by atoms with E-state index in [1.165, 1.54) is 36.3 Å². The molecule has 1 aromatic carbocycles. The van der Waals surface area contributed by atoms with Crippen LogP contribution in [0.3, 0.4) is 0 Å². The summed E-state index contributed by atoms with van der Waals surface area (Å²) in [6.45, 7) is 5.35. The Bertz CT molecular complexity index is 776. The number of rotatable bonds is 8. The highest BCUT2D eigenvalue weighted by molar-refractivity contribution is 6.05. The van der Waals surface area contributed by atoms with E-state index in [1.807, 2.05) is 19.0 Å². The average Bonchev–Trinajstić information content (AvgIpc) is 3.38. The number of halogens is 1. The maximum absolute atomic E-state index is 12.4. The Balaban J connectivity index is 0.00000289. The van der Waals surface area contributed by atoms with Crippen LogP contribution in [0.15, 0.2) is 24.3 Å². The first-order valence-corrected chi connectivity index (χ1v) is 11.8. The van der Waals surface area contributed by atoms with Gasteiger partial charge in [-0.3, -0.25) is 24.3 Å². The number of benzene rings is 1. The van der Waals surface area contributed by atoms with Crippen molar-refractivity contribution in [3.63, 3.8) is 0 Å². The number of ether oxygens (including phenoxy) is 1. The standard InChI is InChI=1S/C24H36N4O3.ClH/c1-25(2)21-18-23(29)28(24(21)30)13-7-12-26-14-16-27(17-15-26)20-10-5-6-11-22(20)31-19-8-3-4-9-19;/h5-6,10-11,19,21H,3-4,7-9,12-18H2,1-2H3;1H. The summed E-state index contributed by atoms with van der Waals surface area (Å²) in [4.78, 5) is 32.8. The molecule has 0 N–H and O–H groups in total. The summed E-state index contributed by atoms with van der Waals surface area (Å²) in [6.07, 6.45) is 6.39. The number of likely N-dealkylation sites (N-methyl/N-ethyl adjacent to an activating group) is 1. The van der Waals surface area contributed by atoms with Gasteiger partial charge in [-0.25, -0.2) is 0 Å². The van der Waals surface area contributed by atoms with Gasteiger partial charge in [0.05, 0.1) is 24.3 Å². The summed E-state index contributed by atoms with van der Waals surface area (Å²) in [5.41, 5.74) is 1.21. The van der Waals surface area contributed by atoms with Crippen LogP contribution in [0.5, 0.6) is 5.75 Å². The van der Waals surface area contributed by atoms with E-state index in [-0.39, 0.29) is 30.3 Å². The number of carbonyl (C=O) groups is 2. The predicted octanol–water partition coefficient (Wildman–Crippen LogP) is 2.63. The molecule has 1 atom stereocenters. The zero-order valence-corrected chi connectivity index (χ0v) is 20.2. The first-order chi connectivity index (χ1) is 15.0. The highest BCUT2D eigenvalue weighted by Gasteiger charge is 2.39. The van der Waals surface area contributed by atoms with Crippen LogP contribution >= 0.6 is 12.4 Å². The van der Waals surface area contributed by atoms with Gasteiger partial charge >= 0.3 is 0 Å². The van der Waals surface area contributed by atoms with Crippen LogP contribution in [-0.4, -0.2) is 92.0 Å². The molecule has 8 heteroatoms. The fourth-order valence-electron chi connectivity index (χ4n) is 4.97. The van der Waals surface area contributed by atoms with Crippen molar-refractivity contribution >= 4 is 29.9 Å². The summed E-state index contributed by atoms with van der Waals surface area (Å²) < 4.78 is 6.33. The zero-order chi connectivity index (χ0) is 21.8. The van der Waals surface area contributed by atoms with Gasteiger partial charge in [-0.1, -0.05) is 12.1 Å². The molecule has 1 unspecified atom stereocenters. The summed E-state index contributed by atoms with van der Waals surface area (Å²) in [7, 11) is 3.71. The number of imide groups is 1. The molecule has 1 aliphatic carbocycles. The van der Waals surface area contributed by atoms with Crippen molar-refractivity contribution in [1.29, 1.82) is 0 Å². The van der Waals surface area contributed by atoms with Gasteiger partial charge in [0.25, 0.3) is 0 Å². The number of hydrogen-bond donors (Lipinski definition) is 0. The number of anilines is 1. The largest absolute Gasteiger partial charge is 0.488 e. The number of nitrogens with zero attached hydrogens (tertiary/aromatic N) is 4. The maximum atomic E-state index is 12.4. The predicted molar refractivity (Wildman–Crippen MR) is 129 cm³/mol. The van der Waals surface area contributed by atoms with Crippen molar-refractivity contribution in [2.24, 2.45) is 0 Å². The summed E-state index contributed by atoms with van der Waals surface area (Å²) in [5.74, 6) is 0.940. The zero-order valence-electron chi connectivity index (χ0n) is 19.4. The van der Waals surface area contributed by atoms with E-state index in [0.29, 0.717) is 19.1 Å². The Hall–Kier alpha value is -1.83. The molecule has 0 spiro atoms. The Labute approximate surface area is 198 Å². The molecule has 178 valence electrons. The molecule has 0 bridgehead atoms. The average molecular weight is 465 g/mol. The van der Waals surface area contributed by atoms with Gasteiger partial charge in [0.15, 0.2) is 0 Å². The van der Waals surface area contributed by atoms with Crippen molar-refractivity contribution in [2.75, 3.05) is 58.3 Å². The lowest BCUT2D eigenvalue weighted by atomic mass is 10.2. The van der Waals surface area contributed by atoms with Crippen molar-refractivity contribution in [2.45, 2.75) is 50.7 Å². The first-order valence-electron chi connectivity index (χ1n) is 11.8. The van der Waals surface area contributed by atoms with Gasteiger partial charge in [0.1, 0.15) is 5.75 Å². The Morgan fingerprint density at radius 3 is 2.34 bits per heavy atom.